The number of hydrogen-bond donors (Lipinski definition) is 1. The zero-order chi connectivity index (χ0) is 12.3. The van der Waals surface area contributed by atoms with Gasteiger partial charge >= 0.3 is 0 Å². The Balaban J connectivity index is 2.07. The molecule has 1 aromatic heterocycles. The van der Waals surface area contributed by atoms with Crippen molar-refractivity contribution in [1.82, 2.24) is 4.98 Å². The van der Waals surface area contributed by atoms with Crippen molar-refractivity contribution < 1.29 is 9.84 Å². The summed E-state index contributed by atoms with van der Waals surface area (Å²) in [7, 11) is 1.72. The molecule has 94 valence electrons. The van der Waals surface area contributed by atoms with Crippen LogP contribution in [0.15, 0.2) is 18.3 Å². The van der Waals surface area contributed by atoms with E-state index in [1.54, 1.807) is 20.2 Å². The van der Waals surface area contributed by atoms with Gasteiger partial charge in [-0.3, -0.25) is 0 Å². The SMILES string of the molecule is COCCN(c1ccc(C(C)O)cn1)C1CC1. The van der Waals surface area contributed by atoms with Gasteiger partial charge in [-0.2, -0.15) is 0 Å². The smallest absolute Gasteiger partial charge is 0.128 e. The zero-order valence-electron chi connectivity index (χ0n) is 10.5. The Labute approximate surface area is 102 Å². The van der Waals surface area contributed by atoms with Crippen LogP contribution < -0.4 is 4.90 Å². The molecule has 1 atom stereocenters. The van der Waals surface area contributed by atoms with E-state index in [4.69, 9.17) is 4.74 Å². The molecule has 0 bridgehead atoms. The Morgan fingerprint density at radius 1 is 1.53 bits per heavy atom. The molecule has 1 aliphatic carbocycles. The number of pyridine rings is 1. The van der Waals surface area contributed by atoms with Crippen LogP contribution in [-0.4, -0.2) is 36.4 Å². The maximum absolute atomic E-state index is 9.44. The summed E-state index contributed by atoms with van der Waals surface area (Å²) >= 11 is 0. The molecule has 1 unspecified atom stereocenters. The lowest BCUT2D eigenvalue weighted by atomic mass is 10.2. The lowest BCUT2D eigenvalue weighted by molar-refractivity contribution is 0.198. The Kier molecular flexibility index (Phi) is 3.97. The van der Waals surface area contributed by atoms with E-state index in [0.717, 1.165) is 24.5 Å². The van der Waals surface area contributed by atoms with Crippen LogP contribution in [0.1, 0.15) is 31.4 Å². The lowest BCUT2D eigenvalue weighted by Gasteiger charge is -2.23. The van der Waals surface area contributed by atoms with E-state index >= 15 is 0 Å². The van der Waals surface area contributed by atoms with Gasteiger partial charge in [0.05, 0.1) is 12.7 Å². The number of anilines is 1. The first kappa shape index (κ1) is 12.3. The number of nitrogens with zero attached hydrogens (tertiary/aromatic N) is 2. The van der Waals surface area contributed by atoms with Crippen LogP contribution in [0.25, 0.3) is 0 Å². The predicted molar refractivity (Wildman–Crippen MR) is 67.1 cm³/mol. The summed E-state index contributed by atoms with van der Waals surface area (Å²) < 4.78 is 5.12. The normalized spacial score (nSPS) is 16.9. The Hall–Kier alpha value is -1.13. The number of ether oxygens (including phenoxy) is 1. The van der Waals surface area contributed by atoms with Gasteiger partial charge in [0.15, 0.2) is 0 Å². The van der Waals surface area contributed by atoms with Crippen molar-refractivity contribution in [2.45, 2.75) is 31.9 Å². The van der Waals surface area contributed by atoms with Crippen LogP contribution in [0.2, 0.25) is 0 Å². The highest BCUT2D eigenvalue weighted by Gasteiger charge is 2.29. The molecule has 4 nitrogen and oxygen atoms in total. The largest absolute Gasteiger partial charge is 0.389 e. The fraction of sp³-hybridized carbons (Fsp3) is 0.615. The summed E-state index contributed by atoms with van der Waals surface area (Å²) in [5, 5.41) is 9.44. The first-order chi connectivity index (χ1) is 8.22. The highest BCUT2D eigenvalue weighted by molar-refractivity contribution is 5.42. The first-order valence-electron chi connectivity index (χ1n) is 6.12. The van der Waals surface area contributed by atoms with Crippen molar-refractivity contribution in [2.75, 3.05) is 25.2 Å². The van der Waals surface area contributed by atoms with Crippen LogP contribution in [0, 0.1) is 0 Å². The standard InChI is InChI=1S/C13H20N2O2/c1-10(16)11-3-6-13(14-9-11)15(7-8-17-2)12-4-5-12/h3,6,9-10,12,16H,4-5,7-8H2,1-2H3. The number of methoxy groups -OCH3 is 1. The van der Waals surface area contributed by atoms with E-state index < -0.39 is 6.10 Å². The summed E-state index contributed by atoms with van der Waals surface area (Å²) in [5.74, 6) is 0.981. The van der Waals surface area contributed by atoms with Crippen LogP contribution in [-0.2, 0) is 4.74 Å². The van der Waals surface area contributed by atoms with Crippen molar-refractivity contribution >= 4 is 5.82 Å². The molecule has 2 rings (SSSR count). The molecule has 0 radical (unpaired) electrons. The van der Waals surface area contributed by atoms with Gasteiger partial charge in [-0.25, -0.2) is 4.98 Å². The Bertz CT molecular complexity index is 347. The summed E-state index contributed by atoms with van der Waals surface area (Å²) in [6.45, 7) is 3.35. The molecular weight excluding hydrogens is 216 g/mol. The third-order valence-corrected chi connectivity index (χ3v) is 3.07. The Morgan fingerprint density at radius 3 is 2.76 bits per heavy atom. The van der Waals surface area contributed by atoms with Gasteiger partial charge in [0.1, 0.15) is 5.82 Å². The minimum atomic E-state index is -0.454. The third-order valence-electron chi connectivity index (χ3n) is 3.07. The van der Waals surface area contributed by atoms with E-state index in [1.165, 1.54) is 12.8 Å². The van der Waals surface area contributed by atoms with Crippen LogP contribution in [0.3, 0.4) is 0 Å². The molecule has 0 saturated heterocycles. The molecule has 0 aromatic carbocycles. The molecule has 1 saturated carbocycles. The maximum atomic E-state index is 9.44. The molecule has 1 aromatic rings. The molecule has 1 fully saturated rings. The Morgan fingerprint density at radius 2 is 2.29 bits per heavy atom. The van der Waals surface area contributed by atoms with E-state index in [0.29, 0.717) is 6.04 Å². The minimum Gasteiger partial charge on any atom is -0.389 e. The molecule has 0 amide bonds. The molecule has 4 heteroatoms. The number of aromatic nitrogens is 1. The summed E-state index contributed by atoms with van der Waals surface area (Å²) in [6, 6.07) is 4.54. The zero-order valence-corrected chi connectivity index (χ0v) is 10.5. The van der Waals surface area contributed by atoms with E-state index in [1.807, 2.05) is 12.1 Å². The lowest BCUT2D eigenvalue weighted by Crippen LogP contribution is -2.30. The van der Waals surface area contributed by atoms with Crippen molar-refractivity contribution in [2.24, 2.45) is 0 Å². The number of aliphatic hydroxyl groups is 1. The molecule has 1 heterocycles. The van der Waals surface area contributed by atoms with Crippen molar-refractivity contribution in [3.8, 4) is 0 Å². The highest BCUT2D eigenvalue weighted by Crippen LogP contribution is 2.30. The highest BCUT2D eigenvalue weighted by atomic mass is 16.5. The van der Waals surface area contributed by atoms with Crippen molar-refractivity contribution in [3.63, 3.8) is 0 Å². The molecular formula is C13H20N2O2. The van der Waals surface area contributed by atoms with E-state index in [9.17, 15) is 5.11 Å². The van der Waals surface area contributed by atoms with Gasteiger partial charge in [-0.15, -0.1) is 0 Å². The fourth-order valence-corrected chi connectivity index (χ4v) is 1.87. The molecule has 0 aliphatic heterocycles. The second-order valence-corrected chi connectivity index (χ2v) is 4.54. The van der Waals surface area contributed by atoms with Crippen LogP contribution in [0.5, 0.6) is 0 Å². The van der Waals surface area contributed by atoms with Gasteiger partial charge in [-0.05, 0) is 31.4 Å². The fourth-order valence-electron chi connectivity index (χ4n) is 1.87. The predicted octanol–water partition coefficient (Wildman–Crippen LogP) is 1.75. The average Bonchev–Trinajstić information content (AvgIpc) is 3.14. The minimum absolute atomic E-state index is 0.454. The number of aliphatic hydroxyl groups excluding tert-OH is 1. The second kappa shape index (κ2) is 5.47. The second-order valence-electron chi connectivity index (χ2n) is 4.54. The van der Waals surface area contributed by atoms with Crippen LogP contribution in [0.4, 0.5) is 5.82 Å². The monoisotopic (exact) mass is 236 g/mol. The summed E-state index contributed by atoms with van der Waals surface area (Å²) in [5.41, 5.74) is 0.858. The van der Waals surface area contributed by atoms with Gasteiger partial charge in [-0.1, -0.05) is 6.07 Å². The van der Waals surface area contributed by atoms with E-state index in [-0.39, 0.29) is 0 Å². The van der Waals surface area contributed by atoms with Crippen LogP contribution >= 0.6 is 0 Å². The molecule has 17 heavy (non-hydrogen) atoms. The van der Waals surface area contributed by atoms with Gasteiger partial charge < -0.3 is 14.7 Å². The number of hydrogen-bond acceptors (Lipinski definition) is 4. The summed E-state index contributed by atoms with van der Waals surface area (Å²) in [6.07, 6.45) is 3.78. The van der Waals surface area contributed by atoms with Gasteiger partial charge in [0.25, 0.3) is 0 Å². The first-order valence-corrected chi connectivity index (χ1v) is 6.12. The van der Waals surface area contributed by atoms with E-state index in [2.05, 4.69) is 9.88 Å². The maximum Gasteiger partial charge on any atom is 0.128 e. The quantitative estimate of drug-likeness (QED) is 0.817. The topological polar surface area (TPSA) is 45.6 Å². The third kappa shape index (κ3) is 3.17. The summed E-state index contributed by atoms with van der Waals surface area (Å²) in [4.78, 5) is 6.71. The van der Waals surface area contributed by atoms with Gasteiger partial charge in [0.2, 0.25) is 0 Å². The molecule has 1 aliphatic rings. The molecule has 1 N–H and O–H groups in total. The number of rotatable bonds is 6. The molecule has 0 spiro atoms. The van der Waals surface area contributed by atoms with Crippen molar-refractivity contribution in [3.05, 3.63) is 23.9 Å². The van der Waals surface area contributed by atoms with Gasteiger partial charge in [0, 0.05) is 25.9 Å². The average molecular weight is 236 g/mol. The van der Waals surface area contributed by atoms with Crippen molar-refractivity contribution in [1.29, 1.82) is 0 Å².